The molecule has 158 valence electrons. The molecular formula is C24H23N3O2S2. The van der Waals surface area contributed by atoms with Crippen LogP contribution in [0.5, 0.6) is 5.75 Å². The van der Waals surface area contributed by atoms with Gasteiger partial charge in [-0.25, -0.2) is 4.98 Å². The lowest BCUT2D eigenvalue weighted by Crippen LogP contribution is -2.30. The van der Waals surface area contributed by atoms with Crippen molar-refractivity contribution in [1.82, 2.24) is 9.97 Å². The lowest BCUT2D eigenvalue weighted by Gasteiger charge is -2.20. The molecule has 0 N–H and O–H groups in total. The van der Waals surface area contributed by atoms with Crippen LogP contribution in [0.15, 0.2) is 71.8 Å². The van der Waals surface area contributed by atoms with Gasteiger partial charge in [0, 0.05) is 21.9 Å². The molecule has 0 atom stereocenters. The van der Waals surface area contributed by atoms with Gasteiger partial charge in [-0.2, -0.15) is 0 Å². The maximum absolute atomic E-state index is 13.5. The van der Waals surface area contributed by atoms with Crippen molar-refractivity contribution in [3.05, 3.63) is 78.1 Å². The van der Waals surface area contributed by atoms with Crippen molar-refractivity contribution in [3.8, 4) is 5.75 Å². The minimum Gasteiger partial charge on any atom is -0.497 e. The zero-order chi connectivity index (χ0) is 21.8. The van der Waals surface area contributed by atoms with Gasteiger partial charge >= 0.3 is 0 Å². The standard InChI is InChI=1S/C24H23N3O2S2/c1-16(2)30-20-10-7-17(8-11-20)23(28)27(15-18-6-4-5-13-25-18)24-26-21-12-9-19(29-3)14-22(21)31-24/h4-14,16H,15H2,1-3H3. The van der Waals surface area contributed by atoms with Crippen LogP contribution in [0.1, 0.15) is 29.9 Å². The quantitative estimate of drug-likeness (QED) is 0.322. The van der Waals surface area contributed by atoms with E-state index in [0.717, 1.165) is 26.6 Å². The molecule has 1 amide bonds. The van der Waals surface area contributed by atoms with Crippen molar-refractivity contribution >= 4 is 44.4 Å². The van der Waals surface area contributed by atoms with Crippen LogP contribution < -0.4 is 9.64 Å². The fourth-order valence-corrected chi connectivity index (χ4v) is 4.95. The fourth-order valence-electron chi connectivity index (χ4n) is 3.12. The summed E-state index contributed by atoms with van der Waals surface area (Å²) in [6, 6.07) is 19.2. The molecule has 0 bridgehead atoms. The molecule has 0 aliphatic rings. The first-order valence-corrected chi connectivity index (χ1v) is 11.7. The molecule has 0 fully saturated rings. The van der Waals surface area contributed by atoms with Gasteiger partial charge in [-0.3, -0.25) is 14.7 Å². The van der Waals surface area contributed by atoms with Gasteiger partial charge in [-0.1, -0.05) is 31.3 Å². The molecule has 0 aliphatic heterocycles. The summed E-state index contributed by atoms with van der Waals surface area (Å²) in [5.41, 5.74) is 2.27. The van der Waals surface area contributed by atoms with Crippen LogP contribution in [0, 0.1) is 0 Å². The Labute approximate surface area is 190 Å². The third-order valence-corrected chi connectivity index (χ3v) is 6.64. The van der Waals surface area contributed by atoms with Crippen molar-refractivity contribution in [2.24, 2.45) is 0 Å². The van der Waals surface area contributed by atoms with E-state index in [2.05, 4.69) is 18.8 Å². The summed E-state index contributed by atoms with van der Waals surface area (Å²) in [5, 5.41) is 1.13. The van der Waals surface area contributed by atoms with E-state index in [-0.39, 0.29) is 5.91 Å². The number of anilines is 1. The van der Waals surface area contributed by atoms with Crippen LogP contribution in [0.3, 0.4) is 0 Å². The number of aromatic nitrogens is 2. The lowest BCUT2D eigenvalue weighted by atomic mass is 10.2. The van der Waals surface area contributed by atoms with E-state index in [1.54, 1.807) is 30.0 Å². The van der Waals surface area contributed by atoms with Crippen molar-refractivity contribution in [2.75, 3.05) is 12.0 Å². The SMILES string of the molecule is COc1ccc2nc(N(Cc3ccccn3)C(=O)c3ccc(SC(C)C)cc3)sc2c1. The van der Waals surface area contributed by atoms with Crippen LogP contribution in [-0.2, 0) is 6.54 Å². The van der Waals surface area contributed by atoms with E-state index in [1.807, 2.05) is 60.7 Å². The summed E-state index contributed by atoms with van der Waals surface area (Å²) in [7, 11) is 1.64. The number of carbonyl (C=O) groups excluding carboxylic acids is 1. The van der Waals surface area contributed by atoms with E-state index in [9.17, 15) is 4.79 Å². The summed E-state index contributed by atoms with van der Waals surface area (Å²) < 4.78 is 6.30. The predicted octanol–water partition coefficient (Wildman–Crippen LogP) is 6.05. The van der Waals surface area contributed by atoms with Crippen LogP contribution in [0.25, 0.3) is 10.2 Å². The highest BCUT2D eigenvalue weighted by molar-refractivity contribution is 7.99. The molecule has 5 nitrogen and oxygen atoms in total. The number of pyridine rings is 1. The number of hydrogen-bond acceptors (Lipinski definition) is 6. The molecule has 2 heterocycles. The largest absolute Gasteiger partial charge is 0.497 e. The number of thiazole rings is 1. The molecule has 0 spiro atoms. The highest BCUT2D eigenvalue weighted by Crippen LogP contribution is 2.33. The zero-order valence-corrected chi connectivity index (χ0v) is 19.2. The second kappa shape index (κ2) is 9.49. The summed E-state index contributed by atoms with van der Waals surface area (Å²) in [5.74, 6) is 0.668. The molecular weight excluding hydrogens is 426 g/mol. The second-order valence-corrected chi connectivity index (χ2v) is 9.89. The van der Waals surface area contributed by atoms with E-state index in [4.69, 9.17) is 9.72 Å². The van der Waals surface area contributed by atoms with E-state index in [1.165, 1.54) is 11.3 Å². The van der Waals surface area contributed by atoms with Crippen LogP contribution in [0.2, 0.25) is 0 Å². The Morgan fingerprint density at radius 1 is 1.13 bits per heavy atom. The summed E-state index contributed by atoms with van der Waals surface area (Å²) in [4.78, 5) is 25.5. The Balaban J connectivity index is 1.69. The minimum absolute atomic E-state index is 0.0993. The molecule has 2 aromatic heterocycles. The number of rotatable bonds is 7. The average Bonchev–Trinajstić information content (AvgIpc) is 3.20. The molecule has 4 rings (SSSR count). The smallest absolute Gasteiger partial charge is 0.260 e. The van der Waals surface area contributed by atoms with Crippen molar-refractivity contribution in [1.29, 1.82) is 0 Å². The van der Waals surface area contributed by atoms with Gasteiger partial charge in [-0.05, 0) is 54.6 Å². The maximum Gasteiger partial charge on any atom is 0.260 e. The second-order valence-electron chi connectivity index (χ2n) is 7.23. The third kappa shape index (κ3) is 5.06. The Morgan fingerprint density at radius 2 is 1.94 bits per heavy atom. The Morgan fingerprint density at radius 3 is 2.61 bits per heavy atom. The lowest BCUT2D eigenvalue weighted by molar-refractivity contribution is 0.0984. The number of carbonyl (C=O) groups is 1. The third-order valence-electron chi connectivity index (χ3n) is 4.58. The number of fused-ring (bicyclic) bond motifs is 1. The summed E-state index contributed by atoms with van der Waals surface area (Å²) in [6.45, 7) is 4.65. The number of benzene rings is 2. The van der Waals surface area contributed by atoms with Crippen molar-refractivity contribution in [3.63, 3.8) is 0 Å². The highest BCUT2D eigenvalue weighted by atomic mass is 32.2. The molecule has 0 saturated heterocycles. The van der Waals surface area contributed by atoms with Gasteiger partial charge in [0.1, 0.15) is 5.75 Å². The summed E-state index contributed by atoms with van der Waals surface area (Å²) in [6.07, 6.45) is 1.74. The molecule has 0 radical (unpaired) electrons. The topological polar surface area (TPSA) is 55.3 Å². The predicted molar refractivity (Wildman–Crippen MR) is 128 cm³/mol. The van der Waals surface area contributed by atoms with Gasteiger partial charge < -0.3 is 4.74 Å². The van der Waals surface area contributed by atoms with Gasteiger partial charge in [0.25, 0.3) is 5.91 Å². The fraction of sp³-hybridized carbons (Fsp3) is 0.208. The number of thioether (sulfide) groups is 1. The number of hydrogen-bond donors (Lipinski definition) is 0. The Kier molecular flexibility index (Phi) is 6.53. The van der Waals surface area contributed by atoms with Crippen LogP contribution in [-0.4, -0.2) is 28.2 Å². The van der Waals surface area contributed by atoms with Gasteiger partial charge in [-0.15, -0.1) is 11.8 Å². The van der Waals surface area contributed by atoms with E-state index >= 15 is 0 Å². The minimum atomic E-state index is -0.0993. The normalized spacial score (nSPS) is 11.1. The first-order chi connectivity index (χ1) is 15.0. The van der Waals surface area contributed by atoms with Gasteiger partial charge in [0.2, 0.25) is 0 Å². The first-order valence-electron chi connectivity index (χ1n) is 9.96. The summed E-state index contributed by atoms with van der Waals surface area (Å²) >= 11 is 3.25. The molecule has 0 aliphatic carbocycles. The molecule has 7 heteroatoms. The number of ether oxygens (including phenoxy) is 1. The molecule has 31 heavy (non-hydrogen) atoms. The van der Waals surface area contributed by atoms with Crippen molar-refractivity contribution < 1.29 is 9.53 Å². The van der Waals surface area contributed by atoms with Crippen molar-refractivity contribution in [2.45, 2.75) is 30.5 Å². The molecule has 0 unspecified atom stereocenters. The zero-order valence-electron chi connectivity index (χ0n) is 17.6. The number of nitrogens with zero attached hydrogens (tertiary/aromatic N) is 3. The van der Waals surface area contributed by atoms with Gasteiger partial charge in [0.15, 0.2) is 5.13 Å². The first kappa shape index (κ1) is 21.3. The van der Waals surface area contributed by atoms with Gasteiger partial charge in [0.05, 0.1) is 29.6 Å². The molecule has 2 aromatic carbocycles. The molecule has 4 aromatic rings. The average molecular weight is 450 g/mol. The monoisotopic (exact) mass is 449 g/mol. The van der Waals surface area contributed by atoms with E-state index < -0.39 is 0 Å². The van der Waals surface area contributed by atoms with Crippen LogP contribution in [0.4, 0.5) is 5.13 Å². The Bertz CT molecular complexity index is 1170. The number of methoxy groups -OCH3 is 1. The van der Waals surface area contributed by atoms with Crippen LogP contribution >= 0.6 is 23.1 Å². The van der Waals surface area contributed by atoms with E-state index in [0.29, 0.717) is 22.5 Å². The Hall–Kier alpha value is -2.90. The number of amides is 1. The highest BCUT2D eigenvalue weighted by Gasteiger charge is 2.22. The maximum atomic E-state index is 13.5. The molecule has 0 saturated carbocycles.